The summed E-state index contributed by atoms with van der Waals surface area (Å²) in [5.74, 6) is 1.55. The summed E-state index contributed by atoms with van der Waals surface area (Å²) in [7, 11) is 0. The van der Waals surface area contributed by atoms with Gasteiger partial charge < -0.3 is 15.3 Å². The van der Waals surface area contributed by atoms with Crippen LogP contribution in [0.1, 0.15) is 41.6 Å². The molecule has 0 spiro atoms. The predicted octanol–water partition coefficient (Wildman–Crippen LogP) is 4.39. The second-order valence-corrected chi connectivity index (χ2v) is 7.36. The van der Waals surface area contributed by atoms with E-state index in [1.54, 1.807) is 18.5 Å². The summed E-state index contributed by atoms with van der Waals surface area (Å²) in [4.78, 5) is 28.3. The molecule has 142 valence electrons. The zero-order valence-corrected chi connectivity index (χ0v) is 16.2. The molecule has 0 aliphatic carbocycles. The second kappa shape index (κ2) is 7.31. The fourth-order valence-corrected chi connectivity index (χ4v) is 3.30. The molecule has 4 rings (SSSR count). The summed E-state index contributed by atoms with van der Waals surface area (Å²) in [6.07, 6.45) is 3.46. The number of H-pyrrole nitrogens is 2. The smallest absolute Gasteiger partial charge is 0.251 e. The number of carbonyl (C=O) groups is 1. The molecule has 6 heteroatoms. The minimum Gasteiger partial charge on any atom is -0.345 e. The standard InChI is InChI=1S/C22H23N5O/c1-13(2)19(21-25-17-8-7-14(3)11-18(17)26-21)27-22(28)16-6-4-5-15(12-16)20-23-9-10-24-20/h4-13,19H,1-3H3,(H,23,24)(H,25,26)(H,27,28)/t19-/m1/s1. The average Bonchev–Trinajstić information content (AvgIpc) is 3.35. The van der Waals surface area contributed by atoms with Crippen molar-refractivity contribution in [2.45, 2.75) is 26.8 Å². The van der Waals surface area contributed by atoms with Crippen LogP contribution >= 0.6 is 0 Å². The highest BCUT2D eigenvalue weighted by atomic mass is 16.1. The van der Waals surface area contributed by atoms with E-state index in [2.05, 4.69) is 40.2 Å². The molecular formula is C22H23N5O. The molecule has 0 saturated heterocycles. The third-order valence-corrected chi connectivity index (χ3v) is 4.80. The molecule has 0 aliphatic heterocycles. The zero-order chi connectivity index (χ0) is 19.7. The number of rotatable bonds is 5. The maximum Gasteiger partial charge on any atom is 0.251 e. The molecule has 0 radical (unpaired) electrons. The zero-order valence-electron chi connectivity index (χ0n) is 16.2. The Kier molecular flexibility index (Phi) is 4.69. The maximum atomic E-state index is 12.9. The minimum absolute atomic E-state index is 0.135. The molecule has 2 heterocycles. The first-order valence-electron chi connectivity index (χ1n) is 9.38. The van der Waals surface area contributed by atoms with Gasteiger partial charge in [0.15, 0.2) is 0 Å². The van der Waals surface area contributed by atoms with Gasteiger partial charge in [-0.2, -0.15) is 0 Å². The number of fused-ring (bicyclic) bond motifs is 1. The third-order valence-electron chi connectivity index (χ3n) is 4.80. The number of nitrogens with one attached hydrogen (secondary N) is 3. The molecule has 1 atom stereocenters. The number of hydrogen-bond donors (Lipinski definition) is 3. The summed E-state index contributed by atoms with van der Waals surface area (Å²) < 4.78 is 0. The molecule has 0 saturated carbocycles. The Balaban J connectivity index is 1.61. The van der Waals surface area contributed by atoms with Crippen molar-refractivity contribution in [2.24, 2.45) is 5.92 Å². The van der Waals surface area contributed by atoms with Gasteiger partial charge in [0.05, 0.1) is 17.1 Å². The van der Waals surface area contributed by atoms with Crippen LogP contribution in [0.25, 0.3) is 22.4 Å². The van der Waals surface area contributed by atoms with Gasteiger partial charge in [0.1, 0.15) is 11.6 Å². The van der Waals surface area contributed by atoms with Gasteiger partial charge in [0.2, 0.25) is 0 Å². The van der Waals surface area contributed by atoms with Gasteiger partial charge in [0.25, 0.3) is 5.91 Å². The van der Waals surface area contributed by atoms with Gasteiger partial charge in [0, 0.05) is 23.5 Å². The lowest BCUT2D eigenvalue weighted by Crippen LogP contribution is -2.32. The van der Waals surface area contributed by atoms with E-state index in [0.29, 0.717) is 5.56 Å². The van der Waals surface area contributed by atoms with Crippen molar-refractivity contribution in [3.63, 3.8) is 0 Å². The van der Waals surface area contributed by atoms with E-state index in [4.69, 9.17) is 4.98 Å². The molecular weight excluding hydrogens is 350 g/mol. The van der Waals surface area contributed by atoms with Crippen LogP contribution in [-0.2, 0) is 0 Å². The molecule has 0 aliphatic rings. The van der Waals surface area contributed by atoms with E-state index in [9.17, 15) is 4.79 Å². The molecule has 4 aromatic rings. The Bertz CT molecular complexity index is 1110. The van der Waals surface area contributed by atoms with Crippen molar-refractivity contribution in [3.8, 4) is 11.4 Å². The Morgan fingerprint density at radius 1 is 1.14 bits per heavy atom. The topological polar surface area (TPSA) is 86.5 Å². The number of benzene rings is 2. The second-order valence-electron chi connectivity index (χ2n) is 7.36. The van der Waals surface area contributed by atoms with Gasteiger partial charge >= 0.3 is 0 Å². The third kappa shape index (κ3) is 3.53. The lowest BCUT2D eigenvalue weighted by atomic mass is 10.0. The van der Waals surface area contributed by atoms with Crippen molar-refractivity contribution in [3.05, 3.63) is 71.8 Å². The quantitative estimate of drug-likeness (QED) is 0.485. The fourth-order valence-electron chi connectivity index (χ4n) is 3.30. The van der Waals surface area contributed by atoms with Crippen LogP contribution in [0, 0.1) is 12.8 Å². The Morgan fingerprint density at radius 3 is 2.75 bits per heavy atom. The molecule has 28 heavy (non-hydrogen) atoms. The first-order valence-corrected chi connectivity index (χ1v) is 9.38. The number of imidazole rings is 2. The fraction of sp³-hybridized carbons (Fsp3) is 0.227. The van der Waals surface area contributed by atoms with E-state index in [0.717, 1.165) is 28.2 Å². The van der Waals surface area contributed by atoms with Crippen molar-refractivity contribution in [1.82, 2.24) is 25.3 Å². The summed E-state index contributed by atoms with van der Waals surface area (Å²) in [6, 6.07) is 13.3. The van der Waals surface area contributed by atoms with Gasteiger partial charge in [-0.15, -0.1) is 0 Å². The Morgan fingerprint density at radius 2 is 2.00 bits per heavy atom. The highest BCUT2D eigenvalue weighted by molar-refractivity contribution is 5.95. The highest BCUT2D eigenvalue weighted by Crippen LogP contribution is 2.24. The molecule has 6 nitrogen and oxygen atoms in total. The molecule has 0 fully saturated rings. The molecule has 0 bridgehead atoms. The van der Waals surface area contributed by atoms with Crippen LogP contribution in [-0.4, -0.2) is 25.8 Å². The number of amides is 1. The lowest BCUT2D eigenvalue weighted by Gasteiger charge is -2.20. The van der Waals surface area contributed by atoms with Gasteiger partial charge in [-0.25, -0.2) is 9.97 Å². The normalized spacial score (nSPS) is 12.4. The first-order chi connectivity index (χ1) is 13.5. The van der Waals surface area contributed by atoms with E-state index in [-0.39, 0.29) is 17.9 Å². The predicted molar refractivity (Wildman–Crippen MR) is 110 cm³/mol. The molecule has 2 aromatic heterocycles. The monoisotopic (exact) mass is 373 g/mol. The van der Waals surface area contributed by atoms with Crippen LogP contribution in [0.5, 0.6) is 0 Å². The number of carbonyl (C=O) groups excluding carboxylic acids is 1. The van der Waals surface area contributed by atoms with E-state index in [1.165, 1.54) is 5.56 Å². The van der Waals surface area contributed by atoms with Crippen LogP contribution < -0.4 is 5.32 Å². The maximum absolute atomic E-state index is 12.9. The number of aryl methyl sites for hydroxylation is 1. The first kappa shape index (κ1) is 18.0. The SMILES string of the molecule is Cc1ccc2nc([C@H](NC(=O)c3cccc(-c4ncc[nH]4)c3)C(C)C)[nH]c2c1. The molecule has 2 aromatic carbocycles. The summed E-state index contributed by atoms with van der Waals surface area (Å²) in [5.41, 5.74) is 4.52. The van der Waals surface area contributed by atoms with Gasteiger partial charge in [-0.3, -0.25) is 4.79 Å². The Labute approximate surface area is 163 Å². The average molecular weight is 373 g/mol. The van der Waals surface area contributed by atoms with E-state index >= 15 is 0 Å². The number of nitrogens with zero attached hydrogens (tertiary/aromatic N) is 2. The Hall–Kier alpha value is -3.41. The van der Waals surface area contributed by atoms with Crippen LogP contribution in [0.4, 0.5) is 0 Å². The largest absolute Gasteiger partial charge is 0.345 e. The summed E-state index contributed by atoms with van der Waals surface area (Å²) >= 11 is 0. The van der Waals surface area contributed by atoms with E-state index < -0.39 is 0 Å². The highest BCUT2D eigenvalue weighted by Gasteiger charge is 2.22. The van der Waals surface area contributed by atoms with Crippen LogP contribution in [0.2, 0.25) is 0 Å². The van der Waals surface area contributed by atoms with Crippen molar-refractivity contribution in [1.29, 1.82) is 0 Å². The van der Waals surface area contributed by atoms with Gasteiger partial charge in [-0.05, 0) is 42.7 Å². The van der Waals surface area contributed by atoms with E-state index in [1.807, 2.05) is 37.3 Å². The van der Waals surface area contributed by atoms with Crippen molar-refractivity contribution < 1.29 is 4.79 Å². The van der Waals surface area contributed by atoms with Crippen LogP contribution in [0.3, 0.4) is 0 Å². The van der Waals surface area contributed by atoms with Crippen LogP contribution in [0.15, 0.2) is 54.9 Å². The van der Waals surface area contributed by atoms with Crippen molar-refractivity contribution in [2.75, 3.05) is 0 Å². The molecule has 3 N–H and O–H groups in total. The van der Waals surface area contributed by atoms with Crippen molar-refractivity contribution >= 4 is 16.9 Å². The minimum atomic E-state index is -0.215. The van der Waals surface area contributed by atoms with Gasteiger partial charge in [-0.1, -0.05) is 32.0 Å². The number of hydrogen-bond acceptors (Lipinski definition) is 3. The molecule has 0 unspecified atom stereocenters. The number of aromatic nitrogens is 4. The summed E-state index contributed by atoms with van der Waals surface area (Å²) in [6.45, 7) is 6.19. The summed E-state index contributed by atoms with van der Waals surface area (Å²) in [5, 5.41) is 3.13. The number of aromatic amines is 2. The molecule has 1 amide bonds. The lowest BCUT2D eigenvalue weighted by molar-refractivity contribution is 0.0923.